The molecule has 2 saturated carbocycles. The highest BCUT2D eigenvalue weighted by Crippen LogP contribution is 2.37. The Balaban J connectivity index is 1.95. The highest BCUT2D eigenvalue weighted by Gasteiger charge is 2.36. The van der Waals surface area contributed by atoms with E-state index in [9.17, 15) is 5.11 Å². The first-order valence-corrected chi connectivity index (χ1v) is 8.76. The average Bonchev–Trinajstić information content (AvgIpc) is 2.46. The molecule has 2 aliphatic carbocycles. The summed E-state index contributed by atoms with van der Waals surface area (Å²) in [5.74, 6) is 0. The molecule has 2 atom stereocenters. The molecule has 0 aromatic rings. The molecule has 118 valence electrons. The van der Waals surface area contributed by atoms with Crippen LogP contribution >= 0.6 is 0 Å². The number of nitrogens with zero attached hydrogens (tertiary/aromatic N) is 1. The quantitative estimate of drug-likeness (QED) is 0.786. The van der Waals surface area contributed by atoms with Gasteiger partial charge in [-0.3, -0.25) is 0 Å². The SMILES string of the molecule is CCNCC1(CN(C)C2CCCCC2O)CCCCC1. The second-order valence-electron chi connectivity index (χ2n) is 7.18. The van der Waals surface area contributed by atoms with Crippen LogP contribution in [0.5, 0.6) is 0 Å². The van der Waals surface area contributed by atoms with Gasteiger partial charge < -0.3 is 15.3 Å². The van der Waals surface area contributed by atoms with Crippen molar-refractivity contribution >= 4 is 0 Å². The topological polar surface area (TPSA) is 35.5 Å². The molecule has 2 rings (SSSR count). The third-order valence-corrected chi connectivity index (χ3v) is 5.51. The first-order chi connectivity index (χ1) is 9.67. The fourth-order valence-corrected chi connectivity index (χ4v) is 4.33. The summed E-state index contributed by atoms with van der Waals surface area (Å²) in [4.78, 5) is 2.48. The van der Waals surface area contributed by atoms with Crippen molar-refractivity contribution in [3.8, 4) is 0 Å². The van der Waals surface area contributed by atoms with E-state index in [0.29, 0.717) is 11.5 Å². The Morgan fingerprint density at radius 1 is 1.10 bits per heavy atom. The van der Waals surface area contributed by atoms with Gasteiger partial charge in [0, 0.05) is 19.1 Å². The van der Waals surface area contributed by atoms with E-state index in [1.165, 1.54) is 51.4 Å². The number of aliphatic hydroxyl groups excluding tert-OH is 1. The third kappa shape index (κ3) is 4.19. The lowest BCUT2D eigenvalue weighted by Crippen LogP contribution is -2.51. The lowest BCUT2D eigenvalue weighted by molar-refractivity contribution is 0.00428. The van der Waals surface area contributed by atoms with Gasteiger partial charge in [-0.2, -0.15) is 0 Å². The van der Waals surface area contributed by atoms with Crippen molar-refractivity contribution in [1.82, 2.24) is 10.2 Å². The molecule has 3 heteroatoms. The highest BCUT2D eigenvalue weighted by molar-refractivity contribution is 4.90. The maximum atomic E-state index is 10.3. The number of hydrogen-bond donors (Lipinski definition) is 2. The molecule has 2 unspecified atom stereocenters. The first-order valence-electron chi connectivity index (χ1n) is 8.76. The van der Waals surface area contributed by atoms with Gasteiger partial charge in [0.15, 0.2) is 0 Å². The van der Waals surface area contributed by atoms with Crippen LogP contribution in [0.1, 0.15) is 64.7 Å². The minimum atomic E-state index is -0.103. The van der Waals surface area contributed by atoms with Gasteiger partial charge in [-0.15, -0.1) is 0 Å². The van der Waals surface area contributed by atoms with E-state index in [4.69, 9.17) is 0 Å². The molecule has 0 aromatic heterocycles. The Morgan fingerprint density at radius 3 is 2.45 bits per heavy atom. The zero-order valence-electron chi connectivity index (χ0n) is 13.5. The van der Waals surface area contributed by atoms with Crippen LogP contribution in [-0.2, 0) is 0 Å². The number of rotatable bonds is 6. The van der Waals surface area contributed by atoms with Crippen LogP contribution in [0.15, 0.2) is 0 Å². The van der Waals surface area contributed by atoms with Gasteiger partial charge in [0.25, 0.3) is 0 Å². The van der Waals surface area contributed by atoms with Gasteiger partial charge in [-0.05, 0) is 44.7 Å². The standard InChI is InChI=1S/C17H34N2O/c1-3-18-13-17(11-7-4-8-12-17)14-19(2)15-9-5-6-10-16(15)20/h15-16,18,20H,3-14H2,1-2H3. The fraction of sp³-hybridized carbons (Fsp3) is 1.00. The summed E-state index contributed by atoms with van der Waals surface area (Å²) in [6, 6.07) is 0.393. The van der Waals surface area contributed by atoms with Crippen molar-refractivity contribution in [2.75, 3.05) is 26.7 Å². The lowest BCUT2D eigenvalue weighted by Gasteiger charge is -2.44. The molecule has 20 heavy (non-hydrogen) atoms. The van der Waals surface area contributed by atoms with E-state index in [1.54, 1.807) is 0 Å². The molecule has 0 bridgehead atoms. The summed E-state index contributed by atoms with van der Waals surface area (Å²) in [6.45, 7) is 5.57. The van der Waals surface area contributed by atoms with E-state index in [2.05, 4.69) is 24.2 Å². The Bertz CT molecular complexity index is 276. The molecule has 0 radical (unpaired) electrons. The molecule has 0 amide bonds. The molecule has 0 spiro atoms. The Labute approximate surface area is 125 Å². The van der Waals surface area contributed by atoms with Crippen molar-refractivity contribution in [2.45, 2.75) is 76.9 Å². The van der Waals surface area contributed by atoms with Gasteiger partial charge in [0.05, 0.1) is 6.10 Å². The number of likely N-dealkylation sites (N-methyl/N-ethyl adjacent to an activating group) is 1. The molecular weight excluding hydrogens is 248 g/mol. The van der Waals surface area contributed by atoms with Crippen molar-refractivity contribution < 1.29 is 5.11 Å². The normalized spacial score (nSPS) is 30.6. The third-order valence-electron chi connectivity index (χ3n) is 5.51. The van der Waals surface area contributed by atoms with Crippen LogP contribution < -0.4 is 5.32 Å². The maximum Gasteiger partial charge on any atom is 0.0695 e. The Kier molecular flexibility index (Phi) is 6.31. The van der Waals surface area contributed by atoms with Crippen molar-refractivity contribution in [3.05, 3.63) is 0 Å². The molecule has 0 heterocycles. The van der Waals surface area contributed by atoms with Crippen molar-refractivity contribution in [3.63, 3.8) is 0 Å². The summed E-state index contributed by atoms with van der Waals surface area (Å²) in [5.41, 5.74) is 0.445. The lowest BCUT2D eigenvalue weighted by atomic mass is 9.73. The van der Waals surface area contributed by atoms with Crippen LogP contribution in [0, 0.1) is 5.41 Å². The molecule has 0 aliphatic heterocycles. The summed E-state index contributed by atoms with van der Waals surface area (Å²) < 4.78 is 0. The first kappa shape index (κ1) is 16.3. The monoisotopic (exact) mass is 282 g/mol. The predicted octanol–water partition coefficient (Wildman–Crippen LogP) is 2.78. The van der Waals surface area contributed by atoms with Crippen LogP contribution in [0.25, 0.3) is 0 Å². The van der Waals surface area contributed by atoms with Gasteiger partial charge in [0.2, 0.25) is 0 Å². The molecule has 2 aliphatic rings. The van der Waals surface area contributed by atoms with E-state index in [0.717, 1.165) is 26.1 Å². The second kappa shape index (κ2) is 7.77. The smallest absolute Gasteiger partial charge is 0.0695 e. The van der Waals surface area contributed by atoms with E-state index in [-0.39, 0.29) is 6.10 Å². The van der Waals surface area contributed by atoms with Gasteiger partial charge >= 0.3 is 0 Å². The zero-order valence-corrected chi connectivity index (χ0v) is 13.5. The summed E-state index contributed by atoms with van der Waals surface area (Å²) >= 11 is 0. The fourth-order valence-electron chi connectivity index (χ4n) is 4.33. The van der Waals surface area contributed by atoms with Gasteiger partial charge in [0.1, 0.15) is 0 Å². The van der Waals surface area contributed by atoms with E-state index in [1.807, 2.05) is 0 Å². The molecule has 3 nitrogen and oxygen atoms in total. The summed E-state index contributed by atoms with van der Waals surface area (Å²) in [5, 5.41) is 13.9. The van der Waals surface area contributed by atoms with E-state index < -0.39 is 0 Å². The van der Waals surface area contributed by atoms with Crippen molar-refractivity contribution in [2.24, 2.45) is 5.41 Å². The minimum absolute atomic E-state index is 0.103. The number of aliphatic hydroxyl groups is 1. The van der Waals surface area contributed by atoms with E-state index >= 15 is 0 Å². The maximum absolute atomic E-state index is 10.3. The number of nitrogens with one attached hydrogen (secondary N) is 1. The van der Waals surface area contributed by atoms with Crippen LogP contribution in [0.2, 0.25) is 0 Å². The second-order valence-corrected chi connectivity index (χ2v) is 7.18. The van der Waals surface area contributed by atoms with Crippen LogP contribution in [0.3, 0.4) is 0 Å². The highest BCUT2D eigenvalue weighted by atomic mass is 16.3. The average molecular weight is 282 g/mol. The Hall–Kier alpha value is -0.120. The van der Waals surface area contributed by atoms with Gasteiger partial charge in [-0.1, -0.05) is 39.0 Å². The van der Waals surface area contributed by atoms with Gasteiger partial charge in [-0.25, -0.2) is 0 Å². The summed E-state index contributed by atoms with van der Waals surface area (Å²) in [6.07, 6.45) is 11.4. The zero-order chi connectivity index (χ0) is 14.4. The Morgan fingerprint density at radius 2 is 1.80 bits per heavy atom. The largest absolute Gasteiger partial charge is 0.391 e. The molecule has 2 fully saturated rings. The number of hydrogen-bond acceptors (Lipinski definition) is 3. The van der Waals surface area contributed by atoms with Crippen LogP contribution in [-0.4, -0.2) is 48.8 Å². The summed E-state index contributed by atoms with van der Waals surface area (Å²) in [7, 11) is 2.24. The molecular formula is C17H34N2O. The molecule has 2 N–H and O–H groups in total. The minimum Gasteiger partial charge on any atom is -0.391 e. The molecule has 0 aromatic carbocycles. The van der Waals surface area contributed by atoms with Crippen LogP contribution in [0.4, 0.5) is 0 Å². The molecule has 0 saturated heterocycles. The van der Waals surface area contributed by atoms with Crippen molar-refractivity contribution in [1.29, 1.82) is 0 Å². The predicted molar refractivity (Wildman–Crippen MR) is 85.0 cm³/mol.